The van der Waals surface area contributed by atoms with Crippen LogP contribution in [-0.2, 0) is 0 Å². The molecule has 0 spiro atoms. The van der Waals surface area contributed by atoms with Gasteiger partial charge in [-0.15, -0.1) is 0 Å². The number of nitrogens with two attached hydrogens (primary N) is 1. The van der Waals surface area contributed by atoms with Crippen LogP contribution in [0.15, 0.2) is 24.3 Å². The molecule has 2 N–H and O–H groups in total. The van der Waals surface area contributed by atoms with Crippen molar-refractivity contribution >= 4 is 11.8 Å². The normalized spacial score (nSPS) is 10.4. The van der Waals surface area contributed by atoms with E-state index in [1.165, 1.54) is 4.90 Å². The molecular formula is C12H19N3O2. The fourth-order valence-electron chi connectivity index (χ4n) is 1.20. The molecule has 0 atom stereocenters. The Morgan fingerprint density at radius 2 is 2.00 bits per heavy atom. The van der Waals surface area contributed by atoms with E-state index in [4.69, 9.17) is 10.5 Å². The number of nitrogen functional groups attached to an aromatic ring is 1. The number of rotatable bonds is 4. The second-order valence-electron chi connectivity index (χ2n) is 4.17. The first kappa shape index (κ1) is 13.3. The fraction of sp³-hybridized carbons (Fsp3) is 0.417. The number of hydrogen-bond acceptors (Lipinski definition) is 4. The zero-order chi connectivity index (χ0) is 12.8. The molecule has 0 aromatic heterocycles. The maximum absolute atomic E-state index is 11.7. The summed E-state index contributed by atoms with van der Waals surface area (Å²) in [6.45, 7) is 1.41. The average Bonchev–Trinajstić information content (AvgIpc) is 2.25. The Balaban J connectivity index is 2.48. The molecule has 0 fully saturated rings. The highest BCUT2D eigenvalue weighted by Gasteiger charge is 2.11. The predicted octanol–water partition coefficient (Wildman–Crippen LogP) is 1.26. The number of benzene rings is 1. The summed E-state index contributed by atoms with van der Waals surface area (Å²) < 4.78 is 5.18. The van der Waals surface area contributed by atoms with Gasteiger partial charge in [0.1, 0.15) is 5.75 Å². The van der Waals surface area contributed by atoms with E-state index in [0.29, 0.717) is 18.0 Å². The van der Waals surface area contributed by atoms with Gasteiger partial charge in [-0.3, -0.25) is 0 Å². The van der Waals surface area contributed by atoms with Gasteiger partial charge in [0.05, 0.1) is 0 Å². The van der Waals surface area contributed by atoms with E-state index in [1.807, 2.05) is 19.0 Å². The lowest BCUT2D eigenvalue weighted by Gasteiger charge is -2.19. The van der Waals surface area contributed by atoms with Gasteiger partial charge in [-0.1, -0.05) is 6.07 Å². The van der Waals surface area contributed by atoms with Crippen molar-refractivity contribution in [2.45, 2.75) is 0 Å². The number of carbonyl (C=O) groups excluding carboxylic acids is 1. The van der Waals surface area contributed by atoms with Crippen LogP contribution in [0.3, 0.4) is 0 Å². The molecule has 0 radical (unpaired) electrons. The zero-order valence-corrected chi connectivity index (χ0v) is 10.5. The molecule has 0 aliphatic rings. The van der Waals surface area contributed by atoms with E-state index in [2.05, 4.69) is 0 Å². The molecule has 17 heavy (non-hydrogen) atoms. The van der Waals surface area contributed by atoms with E-state index in [9.17, 15) is 4.79 Å². The summed E-state index contributed by atoms with van der Waals surface area (Å²) >= 11 is 0. The molecule has 0 saturated heterocycles. The highest BCUT2D eigenvalue weighted by molar-refractivity contribution is 5.70. The Morgan fingerprint density at radius 3 is 2.59 bits per heavy atom. The van der Waals surface area contributed by atoms with Gasteiger partial charge in [0.25, 0.3) is 0 Å². The first-order chi connectivity index (χ1) is 7.99. The predicted molar refractivity (Wildman–Crippen MR) is 68.1 cm³/mol. The Morgan fingerprint density at radius 1 is 1.29 bits per heavy atom. The summed E-state index contributed by atoms with van der Waals surface area (Å²) in [7, 11) is 5.62. The Kier molecular flexibility index (Phi) is 4.78. The average molecular weight is 237 g/mol. The van der Waals surface area contributed by atoms with Gasteiger partial charge in [-0.25, -0.2) is 4.79 Å². The van der Waals surface area contributed by atoms with Crippen LogP contribution in [0, 0.1) is 0 Å². The highest BCUT2D eigenvalue weighted by Crippen LogP contribution is 2.15. The van der Waals surface area contributed by atoms with Gasteiger partial charge < -0.3 is 20.3 Å². The number of ether oxygens (including phenoxy) is 1. The molecule has 1 rings (SSSR count). The van der Waals surface area contributed by atoms with Crippen LogP contribution in [0.2, 0.25) is 0 Å². The van der Waals surface area contributed by atoms with Crippen molar-refractivity contribution in [1.82, 2.24) is 9.80 Å². The Labute approximate surface area is 102 Å². The summed E-state index contributed by atoms with van der Waals surface area (Å²) in [5, 5.41) is 0. The molecule has 5 heteroatoms. The van der Waals surface area contributed by atoms with Crippen LogP contribution in [0.4, 0.5) is 10.5 Å². The Bertz CT molecular complexity index is 380. The van der Waals surface area contributed by atoms with Crippen molar-refractivity contribution in [3.05, 3.63) is 24.3 Å². The zero-order valence-electron chi connectivity index (χ0n) is 10.5. The van der Waals surface area contributed by atoms with Gasteiger partial charge in [-0.05, 0) is 26.2 Å². The lowest BCUT2D eigenvalue weighted by atomic mass is 10.3. The molecule has 0 saturated carbocycles. The largest absolute Gasteiger partial charge is 0.415 e. The van der Waals surface area contributed by atoms with Crippen molar-refractivity contribution in [3.63, 3.8) is 0 Å². The van der Waals surface area contributed by atoms with Crippen molar-refractivity contribution in [3.8, 4) is 5.75 Å². The fourth-order valence-corrected chi connectivity index (χ4v) is 1.20. The minimum atomic E-state index is -0.377. The maximum Gasteiger partial charge on any atom is 0.415 e. The summed E-state index contributed by atoms with van der Waals surface area (Å²) in [4.78, 5) is 15.2. The third-order valence-electron chi connectivity index (χ3n) is 2.26. The van der Waals surface area contributed by atoms with Crippen LogP contribution in [0.5, 0.6) is 5.75 Å². The Hall–Kier alpha value is -1.75. The van der Waals surface area contributed by atoms with E-state index >= 15 is 0 Å². The third kappa shape index (κ3) is 4.74. The molecule has 0 bridgehead atoms. The third-order valence-corrected chi connectivity index (χ3v) is 2.26. The molecular weight excluding hydrogens is 218 g/mol. The van der Waals surface area contributed by atoms with E-state index in [-0.39, 0.29) is 6.09 Å². The smallest absolute Gasteiger partial charge is 0.410 e. The van der Waals surface area contributed by atoms with Gasteiger partial charge in [0, 0.05) is 31.9 Å². The quantitative estimate of drug-likeness (QED) is 0.801. The second kappa shape index (κ2) is 6.10. The van der Waals surface area contributed by atoms with Gasteiger partial charge in [0.2, 0.25) is 0 Å². The van der Waals surface area contributed by atoms with Crippen molar-refractivity contribution in [2.24, 2.45) is 0 Å². The molecule has 0 unspecified atom stereocenters. The number of carbonyl (C=O) groups is 1. The molecule has 1 amide bonds. The number of likely N-dealkylation sites (N-methyl/N-ethyl adjacent to an activating group) is 2. The molecule has 0 aliphatic heterocycles. The van der Waals surface area contributed by atoms with Crippen LogP contribution in [0.1, 0.15) is 0 Å². The maximum atomic E-state index is 11.7. The first-order valence-electron chi connectivity index (χ1n) is 5.42. The highest BCUT2D eigenvalue weighted by atomic mass is 16.6. The van der Waals surface area contributed by atoms with Crippen molar-refractivity contribution < 1.29 is 9.53 Å². The van der Waals surface area contributed by atoms with Gasteiger partial charge in [-0.2, -0.15) is 0 Å². The van der Waals surface area contributed by atoms with Gasteiger partial charge in [0.15, 0.2) is 0 Å². The summed E-state index contributed by atoms with van der Waals surface area (Å²) in [6.07, 6.45) is -0.377. The van der Waals surface area contributed by atoms with Crippen LogP contribution in [0.25, 0.3) is 0 Å². The van der Waals surface area contributed by atoms with E-state index in [1.54, 1.807) is 31.3 Å². The van der Waals surface area contributed by atoms with E-state index < -0.39 is 0 Å². The van der Waals surface area contributed by atoms with Gasteiger partial charge >= 0.3 is 6.09 Å². The van der Waals surface area contributed by atoms with Crippen LogP contribution in [-0.4, -0.2) is 50.1 Å². The van der Waals surface area contributed by atoms with Crippen LogP contribution < -0.4 is 10.5 Å². The molecule has 0 heterocycles. The summed E-state index contributed by atoms with van der Waals surface area (Å²) in [5.74, 6) is 0.465. The standard InChI is InChI=1S/C12H19N3O2/c1-14(2)7-8-15(3)12(16)17-11-6-4-5-10(13)9-11/h4-6,9H,7-8,13H2,1-3H3. The number of amides is 1. The minimum Gasteiger partial charge on any atom is -0.410 e. The van der Waals surface area contributed by atoms with E-state index in [0.717, 1.165) is 6.54 Å². The summed E-state index contributed by atoms with van der Waals surface area (Å²) in [6, 6.07) is 6.82. The monoisotopic (exact) mass is 237 g/mol. The first-order valence-corrected chi connectivity index (χ1v) is 5.42. The molecule has 0 aliphatic carbocycles. The topological polar surface area (TPSA) is 58.8 Å². The SMILES string of the molecule is CN(C)CCN(C)C(=O)Oc1cccc(N)c1. The molecule has 1 aromatic rings. The van der Waals surface area contributed by atoms with Crippen LogP contribution >= 0.6 is 0 Å². The van der Waals surface area contributed by atoms with Crippen molar-refractivity contribution in [2.75, 3.05) is 40.0 Å². The lowest BCUT2D eigenvalue weighted by Crippen LogP contribution is -2.35. The molecule has 94 valence electrons. The molecule has 5 nitrogen and oxygen atoms in total. The number of anilines is 1. The second-order valence-corrected chi connectivity index (χ2v) is 4.17. The number of nitrogens with zero attached hydrogens (tertiary/aromatic N) is 2. The molecule has 1 aromatic carbocycles. The van der Waals surface area contributed by atoms with Crippen molar-refractivity contribution in [1.29, 1.82) is 0 Å². The lowest BCUT2D eigenvalue weighted by molar-refractivity contribution is 0.159. The number of hydrogen-bond donors (Lipinski definition) is 1. The summed E-state index contributed by atoms with van der Waals surface area (Å²) in [5.41, 5.74) is 6.17. The minimum absolute atomic E-state index is 0.377.